The Balaban J connectivity index is 1.97. The Morgan fingerprint density at radius 3 is 3.00 bits per heavy atom. The topological polar surface area (TPSA) is 71.8 Å². The van der Waals surface area contributed by atoms with Crippen LogP contribution in [0.2, 0.25) is 0 Å². The van der Waals surface area contributed by atoms with Crippen LogP contribution < -0.4 is 5.56 Å². The Morgan fingerprint density at radius 1 is 1.47 bits per heavy atom. The molecule has 0 radical (unpaired) electrons. The summed E-state index contributed by atoms with van der Waals surface area (Å²) in [6.45, 7) is 0. The Hall–Kier alpha value is -1.91. The summed E-state index contributed by atoms with van der Waals surface area (Å²) < 4.78 is 5.16. The third-order valence-electron chi connectivity index (χ3n) is 2.45. The highest BCUT2D eigenvalue weighted by atomic mass is 16.5. The summed E-state index contributed by atoms with van der Waals surface area (Å²) >= 11 is 0. The molecule has 15 heavy (non-hydrogen) atoms. The molecule has 0 saturated heterocycles. The molecule has 1 aliphatic carbocycles. The van der Waals surface area contributed by atoms with Gasteiger partial charge in [0.1, 0.15) is 5.69 Å². The van der Waals surface area contributed by atoms with Crippen molar-refractivity contribution in [2.24, 2.45) is 0 Å². The molecule has 5 nitrogen and oxygen atoms in total. The van der Waals surface area contributed by atoms with Crippen LogP contribution >= 0.6 is 0 Å². The fourth-order valence-corrected chi connectivity index (χ4v) is 1.46. The van der Waals surface area contributed by atoms with E-state index in [9.17, 15) is 4.79 Å². The van der Waals surface area contributed by atoms with Crippen LogP contribution in [0.4, 0.5) is 0 Å². The first kappa shape index (κ1) is 8.40. The molecule has 1 aliphatic rings. The second kappa shape index (κ2) is 3.05. The Morgan fingerprint density at radius 2 is 2.33 bits per heavy atom. The molecule has 2 heterocycles. The van der Waals surface area contributed by atoms with Crippen LogP contribution in [0.15, 0.2) is 27.8 Å². The molecule has 1 fully saturated rings. The minimum atomic E-state index is -0.222. The van der Waals surface area contributed by atoms with Crippen molar-refractivity contribution in [3.63, 3.8) is 0 Å². The maximum atomic E-state index is 10.8. The fraction of sp³-hybridized carbons (Fsp3) is 0.300. The van der Waals surface area contributed by atoms with Gasteiger partial charge in [0, 0.05) is 18.2 Å². The van der Waals surface area contributed by atoms with Crippen molar-refractivity contribution >= 4 is 0 Å². The minimum Gasteiger partial charge on any atom is -0.354 e. The second-order valence-electron chi connectivity index (χ2n) is 3.69. The van der Waals surface area contributed by atoms with Gasteiger partial charge in [0.2, 0.25) is 0 Å². The van der Waals surface area contributed by atoms with Crippen molar-refractivity contribution in [2.75, 3.05) is 0 Å². The quantitative estimate of drug-likeness (QED) is 0.798. The van der Waals surface area contributed by atoms with E-state index in [-0.39, 0.29) is 5.56 Å². The van der Waals surface area contributed by atoms with Gasteiger partial charge >= 0.3 is 0 Å². The van der Waals surface area contributed by atoms with Crippen molar-refractivity contribution < 1.29 is 4.52 Å². The van der Waals surface area contributed by atoms with Gasteiger partial charge in [0.25, 0.3) is 5.56 Å². The van der Waals surface area contributed by atoms with Crippen LogP contribution in [0, 0.1) is 0 Å². The lowest BCUT2D eigenvalue weighted by Crippen LogP contribution is -2.03. The van der Waals surface area contributed by atoms with Gasteiger partial charge in [-0.15, -0.1) is 0 Å². The molecule has 0 bridgehead atoms. The van der Waals surface area contributed by atoms with E-state index in [2.05, 4.69) is 15.1 Å². The zero-order valence-corrected chi connectivity index (χ0v) is 7.93. The highest BCUT2D eigenvalue weighted by molar-refractivity contribution is 5.50. The lowest BCUT2D eigenvalue weighted by atomic mass is 10.2. The molecule has 5 heteroatoms. The third-order valence-corrected chi connectivity index (χ3v) is 2.45. The smallest absolute Gasteiger partial charge is 0.266 e. The third kappa shape index (κ3) is 1.56. The lowest BCUT2D eigenvalue weighted by molar-refractivity contribution is 0.422. The lowest BCUT2D eigenvalue weighted by Gasteiger charge is -1.90. The van der Waals surface area contributed by atoms with Crippen molar-refractivity contribution in [3.8, 4) is 11.5 Å². The molecule has 0 amide bonds. The number of rotatable bonds is 2. The average Bonchev–Trinajstić information content (AvgIpc) is 2.99. The Kier molecular flexibility index (Phi) is 1.71. The molecule has 76 valence electrons. The van der Waals surface area contributed by atoms with E-state index in [1.54, 1.807) is 0 Å². The van der Waals surface area contributed by atoms with Crippen molar-refractivity contribution in [3.05, 3.63) is 34.5 Å². The van der Waals surface area contributed by atoms with Gasteiger partial charge in [-0.1, -0.05) is 5.16 Å². The number of aromatic amines is 1. The van der Waals surface area contributed by atoms with Gasteiger partial charge in [-0.2, -0.15) is 0 Å². The average molecular weight is 203 g/mol. The van der Waals surface area contributed by atoms with Gasteiger partial charge in [-0.25, -0.2) is 4.98 Å². The summed E-state index contributed by atoms with van der Waals surface area (Å²) in [6, 6.07) is 1.89. The van der Waals surface area contributed by atoms with E-state index < -0.39 is 0 Å². The zero-order chi connectivity index (χ0) is 10.3. The molecule has 0 aliphatic heterocycles. The predicted octanol–water partition coefficient (Wildman–Crippen LogP) is 1.30. The van der Waals surface area contributed by atoms with Crippen LogP contribution in [0.1, 0.15) is 24.5 Å². The monoisotopic (exact) mass is 203 g/mol. The van der Waals surface area contributed by atoms with E-state index in [1.165, 1.54) is 25.2 Å². The highest BCUT2D eigenvalue weighted by Gasteiger charge is 2.27. The Labute approximate surface area is 85.1 Å². The highest BCUT2D eigenvalue weighted by Crippen LogP contribution is 2.40. The number of H-pyrrole nitrogens is 1. The number of nitrogens with zero attached hydrogens (tertiary/aromatic N) is 2. The van der Waals surface area contributed by atoms with Gasteiger partial charge in [-0.3, -0.25) is 4.79 Å². The first-order valence-electron chi connectivity index (χ1n) is 4.84. The first-order valence-corrected chi connectivity index (χ1v) is 4.84. The van der Waals surface area contributed by atoms with E-state index >= 15 is 0 Å². The molecule has 0 spiro atoms. The predicted molar refractivity (Wildman–Crippen MR) is 52.3 cm³/mol. The molecule has 2 aromatic rings. The first-order chi connectivity index (χ1) is 7.33. The van der Waals surface area contributed by atoms with Crippen molar-refractivity contribution in [1.82, 2.24) is 15.1 Å². The summed E-state index contributed by atoms with van der Waals surface area (Å²) in [5, 5.41) is 3.97. The number of hydrogen-bond donors (Lipinski definition) is 1. The molecule has 2 aromatic heterocycles. The van der Waals surface area contributed by atoms with Gasteiger partial charge in [0.15, 0.2) is 5.76 Å². The maximum Gasteiger partial charge on any atom is 0.266 e. The fourth-order valence-electron chi connectivity index (χ4n) is 1.46. The molecule has 3 rings (SSSR count). The number of aromatic nitrogens is 3. The number of hydrogen-bond acceptors (Lipinski definition) is 4. The SMILES string of the molecule is O=c1cnc(-c2cc(C3CC3)no2)c[nH]1. The summed E-state index contributed by atoms with van der Waals surface area (Å²) in [7, 11) is 0. The van der Waals surface area contributed by atoms with Crippen LogP contribution in [-0.2, 0) is 0 Å². The van der Waals surface area contributed by atoms with Crippen molar-refractivity contribution in [1.29, 1.82) is 0 Å². The maximum absolute atomic E-state index is 10.8. The van der Waals surface area contributed by atoms with E-state index in [1.807, 2.05) is 6.07 Å². The van der Waals surface area contributed by atoms with Crippen LogP contribution in [0.25, 0.3) is 11.5 Å². The van der Waals surface area contributed by atoms with Crippen LogP contribution in [-0.4, -0.2) is 15.1 Å². The van der Waals surface area contributed by atoms with E-state index in [0.29, 0.717) is 17.4 Å². The number of nitrogens with one attached hydrogen (secondary N) is 1. The molecule has 0 unspecified atom stereocenters. The molecular weight excluding hydrogens is 194 g/mol. The van der Waals surface area contributed by atoms with Crippen LogP contribution in [0.5, 0.6) is 0 Å². The summed E-state index contributed by atoms with van der Waals surface area (Å²) in [4.78, 5) is 17.3. The Bertz CT molecular complexity index is 519. The van der Waals surface area contributed by atoms with Gasteiger partial charge in [0.05, 0.1) is 11.9 Å². The van der Waals surface area contributed by atoms with E-state index in [0.717, 1.165) is 5.69 Å². The standard InChI is InChI=1S/C10H9N3O2/c14-10-5-11-8(4-12-10)9-3-7(13-15-9)6-1-2-6/h3-6H,1-2H2,(H,12,14). The summed E-state index contributed by atoms with van der Waals surface area (Å²) in [5.74, 6) is 1.17. The zero-order valence-electron chi connectivity index (χ0n) is 7.93. The van der Waals surface area contributed by atoms with Gasteiger partial charge < -0.3 is 9.51 Å². The largest absolute Gasteiger partial charge is 0.354 e. The molecule has 0 aromatic carbocycles. The molecular formula is C10H9N3O2. The summed E-state index contributed by atoms with van der Waals surface area (Å²) in [6.07, 6.45) is 5.13. The normalized spacial score (nSPS) is 15.5. The van der Waals surface area contributed by atoms with Gasteiger partial charge in [-0.05, 0) is 12.8 Å². The second-order valence-corrected chi connectivity index (χ2v) is 3.69. The minimum absolute atomic E-state index is 0.222. The summed E-state index contributed by atoms with van der Waals surface area (Å²) in [5.41, 5.74) is 1.37. The molecule has 1 saturated carbocycles. The molecule has 0 atom stereocenters. The van der Waals surface area contributed by atoms with Crippen molar-refractivity contribution in [2.45, 2.75) is 18.8 Å². The molecule has 1 N–H and O–H groups in total. The van der Waals surface area contributed by atoms with Crippen LogP contribution in [0.3, 0.4) is 0 Å². The van der Waals surface area contributed by atoms with E-state index in [4.69, 9.17) is 4.52 Å².